The van der Waals surface area contributed by atoms with E-state index in [-0.39, 0.29) is 18.1 Å². The molecule has 6 heteroatoms. The van der Waals surface area contributed by atoms with Crippen LogP contribution in [-0.4, -0.2) is 36.4 Å². The van der Waals surface area contributed by atoms with Gasteiger partial charge in [-0.3, -0.25) is 4.79 Å². The van der Waals surface area contributed by atoms with Crippen LogP contribution in [0.4, 0.5) is 10.5 Å². The molecule has 6 nitrogen and oxygen atoms in total. The van der Waals surface area contributed by atoms with Gasteiger partial charge in [-0.15, -0.1) is 0 Å². The summed E-state index contributed by atoms with van der Waals surface area (Å²) in [5.74, 6) is -0.0990. The van der Waals surface area contributed by atoms with Crippen LogP contribution in [0.1, 0.15) is 40.0 Å². The Morgan fingerprint density at radius 1 is 1.17 bits per heavy atom. The van der Waals surface area contributed by atoms with Gasteiger partial charge in [0, 0.05) is 12.2 Å². The minimum atomic E-state index is -0.481. The normalized spacial score (nSPS) is 19.5. The highest BCUT2D eigenvalue weighted by Gasteiger charge is 2.44. The fourth-order valence-corrected chi connectivity index (χ4v) is 2.30. The molecule has 1 fully saturated rings. The van der Waals surface area contributed by atoms with Crippen LogP contribution in [0.2, 0.25) is 0 Å². The Kier molecular flexibility index (Phi) is 6.20. The average molecular weight is 334 g/mol. The molecule has 2 rings (SSSR count). The predicted molar refractivity (Wildman–Crippen MR) is 91.8 cm³/mol. The van der Waals surface area contributed by atoms with E-state index < -0.39 is 11.7 Å². The van der Waals surface area contributed by atoms with Gasteiger partial charge in [-0.1, -0.05) is 18.2 Å². The third-order valence-corrected chi connectivity index (χ3v) is 3.47. The van der Waals surface area contributed by atoms with Crippen molar-refractivity contribution in [2.75, 3.05) is 11.9 Å². The summed E-state index contributed by atoms with van der Waals surface area (Å²) in [6.45, 7) is 6.05. The summed E-state index contributed by atoms with van der Waals surface area (Å²) in [4.78, 5) is 23.5. The monoisotopic (exact) mass is 334 g/mol. The minimum Gasteiger partial charge on any atom is -0.444 e. The largest absolute Gasteiger partial charge is 0.444 e. The van der Waals surface area contributed by atoms with Crippen molar-refractivity contribution in [3.8, 4) is 0 Å². The van der Waals surface area contributed by atoms with Crippen LogP contribution in [0, 0.1) is 0 Å². The van der Waals surface area contributed by atoms with Crippen LogP contribution in [0.3, 0.4) is 0 Å². The Morgan fingerprint density at radius 3 is 2.54 bits per heavy atom. The molecule has 1 aliphatic rings. The van der Waals surface area contributed by atoms with E-state index in [1.165, 1.54) is 0 Å². The zero-order valence-electron chi connectivity index (χ0n) is 14.5. The van der Waals surface area contributed by atoms with Crippen LogP contribution >= 0.6 is 0 Å². The number of rotatable bonds is 7. The van der Waals surface area contributed by atoms with Gasteiger partial charge in [0.1, 0.15) is 5.60 Å². The number of nitrogens with one attached hydrogen (secondary N) is 2. The zero-order valence-corrected chi connectivity index (χ0v) is 14.5. The van der Waals surface area contributed by atoms with E-state index in [1.54, 1.807) is 0 Å². The molecule has 0 spiro atoms. The van der Waals surface area contributed by atoms with Crippen LogP contribution in [0.15, 0.2) is 30.3 Å². The van der Waals surface area contributed by atoms with E-state index in [1.807, 2.05) is 51.1 Å². The first-order chi connectivity index (χ1) is 11.3. The molecular weight excluding hydrogens is 308 g/mol. The molecular formula is C18H26N2O4. The quantitative estimate of drug-likeness (QED) is 0.593. The maximum absolute atomic E-state index is 12.0. The fourth-order valence-electron chi connectivity index (χ4n) is 2.30. The number of ether oxygens (including phenoxy) is 2. The van der Waals surface area contributed by atoms with E-state index in [0.29, 0.717) is 6.54 Å². The Morgan fingerprint density at radius 2 is 1.88 bits per heavy atom. The van der Waals surface area contributed by atoms with Crippen molar-refractivity contribution in [3.63, 3.8) is 0 Å². The molecule has 2 amide bonds. The number of hydrogen-bond acceptors (Lipinski definition) is 4. The topological polar surface area (TPSA) is 80.0 Å². The molecule has 0 aliphatic carbocycles. The van der Waals surface area contributed by atoms with Gasteiger partial charge < -0.3 is 20.1 Å². The van der Waals surface area contributed by atoms with Gasteiger partial charge in [-0.2, -0.15) is 0 Å². The lowest BCUT2D eigenvalue weighted by molar-refractivity contribution is -0.117. The third-order valence-electron chi connectivity index (χ3n) is 3.47. The van der Waals surface area contributed by atoms with Crippen molar-refractivity contribution in [3.05, 3.63) is 30.3 Å². The van der Waals surface area contributed by atoms with Crippen molar-refractivity contribution in [1.29, 1.82) is 0 Å². The first-order valence-corrected chi connectivity index (χ1v) is 8.33. The smallest absolute Gasteiger partial charge is 0.407 e. The number of carbonyl (C=O) groups excluding carboxylic acids is 2. The summed E-state index contributed by atoms with van der Waals surface area (Å²) < 4.78 is 10.6. The molecule has 1 aromatic carbocycles. The lowest BCUT2D eigenvalue weighted by Crippen LogP contribution is -2.33. The number of anilines is 1. The number of benzene rings is 1. The van der Waals surface area contributed by atoms with E-state index >= 15 is 0 Å². The Balaban J connectivity index is 1.54. The second-order valence-electron chi connectivity index (χ2n) is 6.87. The molecule has 132 valence electrons. The lowest BCUT2D eigenvalue weighted by Gasteiger charge is -2.19. The number of epoxide rings is 1. The molecule has 1 aromatic rings. The Bertz CT molecular complexity index is 554. The van der Waals surface area contributed by atoms with Crippen LogP contribution in [0.25, 0.3) is 0 Å². The molecule has 0 unspecified atom stereocenters. The molecule has 1 aliphatic heterocycles. The molecule has 24 heavy (non-hydrogen) atoms. The van der Waals surface area contributed by atoms with Crippen LogP contribution < -0.4 is 10.6 Å². The number of amides is 2. The highest BCUT2D eigenvalue weighted by Crippen LogP contribution is 2.28. The van der Waals surface area contributed by atoms with Gasteiger partial charge in [-0.25, -0.2) is 4.79 Å². The second-order valence-corrected chi connectivity index (χ2v) is 6.87. The Labute approximate surface area is 142 Å². The van der Waals surface area contributed by atoms with Crippen molar-refractivity contribution in [2.45, 2.75) is 57.8 Å². The van der Waals surface area contributed by atoms with Gasteiger partial charge in [0.05, 0.1) is 6.10 Å². The number of unbranched alkanes of at least 4 members (excludes halogenated alkanes) is 1. The van der Waals surface area contributed by atoms with Gasteiger partial charge in [0.25, 0.3) is 5.91 Å². The summed E-state index contributed by atoms with van der Waals surface area (Å²) in [5.41, 5.74) is 0.295. The van der Waals surface area contributed by atoms with Gasteiger partial charge in [-0.05, 0) is 52.2 Å². The van der Waals surface area contributed by atoms with Crippen LogP contribution in [-0.2, 0) is 14.3 Å². The van der Waals surface area contributed by atoms with Gasteiger partial charge >= 0.3 is 6.09 Å². The van der Waals surface area contributed by atoms with Crippen molar-refractivity contribution < 1.29 is 19.1 Å². The minimum absolute atomic E-state index is 0.0183. The maximum atomic E-state index is 12.0. The van der Waals surface area contributed by atoms with Crippen molar-refractivity contribution in [1.82, 2.24) is 5.32 Å². The first-order valence-electron chi connectivity index (χ1n) is 8.33. The summed E-state index contributed by atoms with van der Waals surface area (Å²) in [5, 5.41) is 5.55. The predicted octanol–water partition coefficient (Wildman–Crippen LogP) is 3.09. The molecule has 0 aromatic heterocycles. The third kappa shape index (κ3) is 6.58. The van der Waals surface area contributed by atoms with Gasteiger partial charge in [0.2, 0.25) is 0 Å². The highest BCUT2D eigenvalue weighted by atomic mass is 16.6. The fraction of sp³-hybridized carbons (Fsp3) is 0.556. The van der Waals surface area contributed by atoms with E-state index in [2.05, 4.69) is 10.6 Å². The highest BCUT2D eigenvalue weighted by molar-refractivity contribution is 5.96. The number of carbonyl (C=O) groups is 2. The lowest BCUT2D eigenvalue weighted by atomic mass is 10.1. The molecule has 2 atom stereocenters. The van der Waals surface area contributed by atoms with E-state index in [0.717, 1.165) is 24.9 Å². The van der Waals surface area contributed by atoms with Gasteiger partial charge in [0.15, 0.2) is 6.10 Å². The summed E-state index contributed by atoms with van der Waals surface area (Å²) in [7, 11) is 0. The Hall–Kier alpha value is -2.08. The molecule has 1 saturated heterocycles. The number of para-hydroxylation sites is 1. The summed E-state index contributed by atoms with van der Waals surface area (Å²) in [6.07, 6.45) is 1.74. The molecule has 0 radical (unpaired) electrons. The average Bonchev–Trinajstić information content (AvgIpc) is 3.26. The van der Waals surface area contributed by atoms with Crippen molar-refractivity contribution in [2.24, 2.45) is 0 Å². The molecule has 1 heterocycles. The van der Waals surface area contributed by atoms with E-state index in [9.17, 15) is 9.59 Å². The first kappa shape index (κ1) is 18.3. The molecule has 0 saturated carbocycles. The van der Waals surface area contributed by atoms with E-state index in [4.69, 9.17) is 9.47 Å². The molecule has 2 N–H and O–H groups in total. The number of alkyl carbamates (subject to hydrolysis) is 1. The SMILES string of the molecule is CC(C)(C)OC(=O)NCCCC[C@@H]1O[C@H]1C(=O)Nc1ccccc1. The van der Waals surface area contributed by atoms with Crippen molar-refractivity contribution >= 4 is 17.7 Å². The second kappa shape index (κ2) is 8.15. The summed E-state index contributed by atoms with van der Waals surface area (Å²) >= 11 is 0. The standard InChI is InChI=1S/C18H26N2O4/c1-18(2,3)24-17(22)19-12-8-7-11-14-15(23-14)16(21)20-13-9-5-4-6-10-13/h4-6,9-10,14-15H,7-8,11-12H2,1-3H3,(H,19,22)(H,20,21)/t14-,15+/m0/s1. The molecule has 0 bridgehead atoms. The zero-order chi connectivity index (χ0) is 17.6. The number of hydrogen-bond donors (Lipinski definition) is 2. The van der Waals surface area contributed by atoms with Crippen LogP contribution in [0.5, 0.6) is 0 Å². The maximum Gasteiger partial charge on any atom is 0.407 e. The summed E-state index contributed by atoms with van der Waals surface area (Å²) in [6, 6.07) is 9.34.